The van der Waals surface area contributed by atoms with E-state index in [2.05, 4.69) is 4.98 Å². The van der Waals surface area contributed by atoms with E-state index in [4.69, 9.17) is 21.3 Å². The van der Waals surface area contributed by atoms with E-state index in [1.165, 1.54) is 15.9 Å². The van der Waals surface area contributed by atoms with Crippen molar-refractivity contribution in [1.82, 2.24) is 14.5 Å². The molecule has 3 aromatic carbocycles. The van der Waals surface area contributed by atoms with Gasteiger partial charge in [0.25, 0.3) is 5.56 Å². The zero-order chi connectivity index (χ0) is 30.5. The number of fused-ring (bicyclic) bond motifs is 2. The molecule has 0 atom stereocenters. The normalized spacial score (nSPS) is 11.7. The van der Waals surface area contributed by atoms with Gasteiger partial charge in [0.05, 0.1) is 16.6 Å². The lowest BCUT2D eigenvalue weighted by molar-refractivity contribution is -0.136. The molecule has 43 heavy (non-hydrogen) atoms. The monoisotopic (exact) mass is 609 g/mol. The summed E-state index contributed by atoms with van der Waals surface area (Å²) in [6.07, 6.45) is 3.23. The van der Waals surface area contributed by atoms with Crippen LogP contribution in [0.3, 0.4) is 0 Å². The molecule has 0 radical (unpaired) electrons. The predicted octanol–water partition coefficient (Wildman–Crippen LogP) is 8.10. The van der Waals surface area contributed by atoms with E-state index >= 15 is 0 Å². The largest absolute Gasteiger partial charge is 0.487 e. The zero-order valence-electron chi connectivity index (χ0n) is 24.0. The van der Waals surface area contributed by atoms with E-state index in [0.29, 0.717) is 32.5 Å². The quantitative estimate of drug-likeness (QED) is 0.205. The van der Waals surface area contributed by atoms with Crippen LogP contribution in [0.2, 0.25) is 5.02 Å². The number of carboxylic acids is 1. The number of carbonyl (C=O) groups is 1. The summed E-state index contributed by atoms with van der Waals surface area (Å²) in [7, 11) is 0. The number of benzene rings is 3. The number of pyridine rings is 2. The molecule has 0 saturated heterocycles. The van der Waals surface area contributed by atoms with E-state index in [0.717, 1.165) is 37.9 Å². The summed E-state index contributed by atoms with van der Waals surface area (Å²) in [5, 5.41) is 12.6. The van der Waals surface area contributed by atoms with Crippen molar-refractivity contribution >= 4 is 49.9 Å². The number of hydrogen-bond donors (Lipinski definition) is 1. The van der Waals surface area contributed by atoms with Crippen LogP contribution in [0.15, 0.2) is 83.9 Å². The second-order valence-corrected chi connectivity index (χ2v) is 12.8. The zero-order valence-corrected chi connectivity index (χ0v) is 25.6. The summed E-state index contributed by atoms with van der Waals surface area (Å²) in [6.45, 7) is 7.76. The maximum atomic E-state index is 13.3. The molecule has 6 aromatic rings. The molecular formula is C34H28ClN3O4S. The van der Waals surface area contributed by atoms with Gasteiger partial charge in [0, 0.05) is 39.5 Å². The van der Waals surface area contributed by atoms with Crippen molar-refractivity contribution in [3.8, 4) is 33.3 Å². The number of halogens is 1. The van der Waals surface area contributed by atoms with E-state index in [-0.39, 0.29) is 12.0 Å². The van der Waals surface area contributed by atoms with Gasteiger partial charge in [-0.3, -0.25) is 14.2 Å². The number of carboxylic acid groups (broad SMARTS) is 1. The van der Waals surface area contributed by atoms with Gasteiger partial charge in [0.1, 0.15) is 22.2 Å². The molecule has 0 aliphatic carbocycles. The highest BCUT2D eigenvalue weighted by Gasteiger charge is 2.24. The van der Waals surface area contributed by atoms with E-state index in [9.17, 15) is 14.7 Å². The Hall–Kier alpha value is -4.53. The van der Waals surface area contributed by atoms with Crippen molar-refractivity contribution in [3.63, 3.8) is 0 Å². The Morgan fingerprint density at radius 2 is 1.86 bits per heavy atom. The fraction of sp³-hybridized carbons (Fsp3) is 0.176. The lowest BCUT2D eigenvalue weighted by Gasteiger charge is -2.24. The lowest BCUT2D eigenvalue weighted by Crippen LogP contribution is -2.23. The third kappa shape index (κ3) is 5.63. The SMILES string of the molecule is Cc1cc2nc(-c3ccnc(-n4ccc5ccccc5c4=O)c3)sc2c(-c2ccc(Cl)cc2OC(C)(C)C)c1CC(=O)O. The number of rotatable bonds is 6. The third-order valence-corrected chi connectivity index (χ3v) is 8.39. The Kier molecular flexibility index (Phi) is 7.28. The lowest BCUT2D eigenvalue weighted by atomic mass is 9.92. The molecule has 6 rings (SSSR count). The van der Waals surface area contributed by atoms with Gasteiger partial charge in [-0.05, 0) is 92.7 Å². The Balaban J connectivity index is 1.55. The van der Waals surface area contributed by atoms with Crippen LogP contribution in [0.25, 0.3) is 48.5 Å². The first-order valence-electron chi connectivity index (χ1n) is 13.7. The average molecular weight is 610 g/mol. The summed E-state index contributed by atoms with van der Waals surface area (Å²) < 4.78 is 8.69. The standard InChI is InChI=1S/C34H28ClN3O4S/c1-19-15-26-31(30(25(19)18-29(39)40)24-10-9-22(35)17-27(24)42-34(2,3)4)43-32(37-26)21-11-13-36-28(16-21)38-14-12-20-7-5-6-8-23(20)33(38)41/h5-17H,18H2,1-4H3,(H,39,40). The van der Waals surface area contributed by atoms with Crippen LogP contribution in [0.5, 0.6) is 5.75 Å². The Morgan fingerprint density at radius 3 is 2.63 bits per heavy atom. The molecule has 0 unspecified atom stereocenters. The molecule has 7 nitrogen and oxygen atoms in total. The molecule has 3 heterocycles. The van der Waals surface area contributed by atoms with Crippen LogP contribution >= 0.6 is 22.9 Å². The molecule has 0 fully saturated rings. The number of aromatic nitrogens is 3. The summed E-state index contributed by atoms with van der Waals surface area (Å²) in [4.78, 5) is 34.7. The Labute approximate surface area is 257 Å². The summed E-state index contributed by atoms with van der Waals surface area (Å²) in [5.74, 6) is 0.115. The topological polar surface area (TPSA) is 94.3 Å². The van der Waals surface area contributed by atoms with Crippen LogP contribution in [0, 0.1) is 6.92 Å². The highest BCUT2D eigenvalue weighted by molar-refractivity contribution is 7.22. The number of ether oxygens (including phenoxy) is 1. The minimum atomic E-state index is -0.930. The van der Waals surface area contributed by atoms with E-state index in [1.807, 2.05) is 76.2 Å². The van der Waals surface area contributed by atoms with Gasteiger partial charge in [-0.1, -0.05) is 29.8 Å². The predicted molar refractivity (Wildman–Crippen MR) is 173 cm³/mol. The minimum Gasteiger partial charge on any atom is -0.487 e. The molecule has 9 heteroatoms. The van der Waals surface area contributed by atoms with Crippen LogP contribution in [-0.2, 0) is 11.2 Å². The van der Waals surface area contributed by atoms with Crippen LogP contribution in [-0.4, -0.2) is 31.2 Å². The van der Waals surface area contributed by atoms with E-state index in [1.54, 1.807) is 30.6 Å². The fourth-order valence-corrected chi connectivity index (χ4v) is 6.48. The molecule has 0 bridgehead atoms. The van der Waals surface area contributed by atoms with Crippen LogP contribution in [0.1, 0.15) is 31.9 Å². The van der Waals surface area contributed by atoms with Crippen molar-refractivity contribution in [2.45, 2.75) is 39.7 Å². The molecule has 0 saturated carbocycles. The average Bonchev–Trinajstić information content (AvgIpc) is 3.37. The first-order chi connectivity index (χ1) is 20.5. The maximum absolute atomic E-state index is 13.3. The van der Waals surface area contributed by atoms with Crippen molar-refractivity contribution in [2.75, 3.05) is 0 Å². The maximum Gasteiger partial charge on any atom is 0.307 e. The number of aliphatic carboxylic acids is 1. The minimum absolute atomic E-state index is 0.155. The summed E-state index contributed by atoms with van der Waals surface area (Å²) in [5.41, 5.74) is 3.87. The molecule has 216 valence electrons. The first-order valence-corrected chi connectivity index (χ1v) is 14.9. The van der Waals surface area contributed by atoms with Crippen LogP contribution in [0.4, 0.5) is 0 Å². The van der Waals surface area contributed by atoms with Gasteiger partial charge in [-0.15, -0.1) is 11.3 Å². The second kappa shape index (κ2) is 10.9. The molecule has 1 N–H and O–H groups in total. The Morgan fingerprint density at radius 1 is 1.07 bits per heavy atom. The Bertz CT molecular complexity index is 2110. The van der Waals surface area contributed by atoms with Crippen molar-refractivity contribution < 1.29 is 14.6 Å². The first kappa shape index (κ1) is 28.6. The van der Waals surface area contributed by atoms with Gasteiger partial charge in [-0.2, -0.15) is 0 Å². The molecule has 0 spiro atoms. The van der Waals surface area contributed by atoms with Crippen molar-refractivity contribution in [1.29, 1.82) is 0 Å². The van der Waals surface area contributed by atoms with Crippen molar-refractivity contribution in [2.24, 2.45) is 0 Å². The summed E-state index contributed by atoms with van der Waals surface area (Å²) >= 11 is 7.84. The number of aryl methyl sites for hydroxylation is 1. The molecule has 3 aromatic heterocycles. The molecule has 0 amide bonds. The fourth-order valence-electron chi connectivity index (χ4n) is 5.19. The summed E-state index contributed by atoms with van der Waals surface area (Å²) in [6, 6.07) is 20.4. The van der Waals surface area contributed by atoms with Gasteiger partial charge in [0.2, 0.25) is 0 Å². The highest BCUT2D eigenvalue weighted by atomic mass is 35.5. The number of thiazole rings is 1. The molecular weight excluding hydrogens is 582 g/mol. The number of hydrogen-bond acceptors (Lipinski definition) is 6. The molecule has 0 aliphatic heterocycles. The van der Waals surface area contributed by atoms with Gasteiger partial charge in [-0.25, -0.2) is 9.97 Å². The molecule has 0 aliphatic rings. The van der Waals surface area contributed by atoms with Crippen molar-refractivity contribution in [3.05, 3.63) is 106 Å². The van der Waals surface area contributed by atoms with E-state index < -0.39 is 11.6 Å². The van der Waals surface area contributed by atoms with Gasteiger partial charge in [0.15, 0.2) is 0 Å². The smallest absolute Gasteiger partial charge is 0.307 e. The third-order valence-electron chi connectivity index (χ3n) is 7.02. The highest BCUT2D eigenvalue weighted by Crippen LogP contribution is 2.45. The van der Waals surface area contributed by atoms with Gasteiger partial charge < -0.3 is 9.84 Å². The second-order valence-electron chi connectivity index (χ2n) is 11.3. The number of nitrogens with zero attached hydrogens (tertiary/aromatic N) is 3. The van der Waals surface area contributed by atoms with Gasteiger partial charge >= 0.3 is 5.97 Å². The van der Waals surface area contributed by atoms with Crippen LogP contribution < -0.4 is 10.3 Å².